The second kappa shape index (κ2) is 14.9. The molecule has 1 amide bonds. The van der Waals surface area contributed by atoms with E-state index in [1.54, 1.807) is 0 Å². The minimum Gasteiger partial charge on any atom is -0.481 e. The lowest BCUT2D eigenvalue weighted by molar-refractivity contribution is -0.177. The van der Waals surface area contributed by atoms with Gasteiger partial charge in [0.05, 0.1) is 23.9 Å². The molecule has 284 valence electrons. The van der Waals surface area contributed by atoms with E-state index < -0.39 is 61.5 Å². The van der Waals surface area contributed by atoms with Crippen molar-refractivity contribution in [3.05, 3.63) is 0 Å². The molecular weight excluding hydrogens is 602 g/mol. The molecule has 0 spiro atoms. The number of esters is 1. The quantitative estimate of drug-likeness (QED) is 0.106. The van der Waals surface area contributed by atoms with Gasteiger partial charge in [0.1, 0.15) is 0 Å². The van der Waals surface area contributed by atoms with Gasteiger partial charge < -0.3 is 26.6 Å². The molecule has 0 saturated heterocycles. The van der Waals surface area contributed by atoms with Crippen LogP contribution in [-0.2, 0) is 19.1 Å². The summed E-state index contributed by atoms with van der Waals surface area (Å²) in [6, 6.07) is 0. The summed E-state index contributed by atoms with van der Waals surface area (Å²) in [5, 5.41) is 14.2. The topological polar surface area (TPSA) is 145 Å². The third-order valence-corrected chi connectivity index (χ3v) is 11.9. The van der Waals surface area contributed by atoms with Crippen molar-refractivity contribution in [3.8, 4) is 0 Å². The molecule has 0 rings (SSSR count). The molecule has 0 aromatic rings. The molecule has 0 bridgehead atoms. The van der Waals surface area contributed by atoms with Crippen LogP contribution in [0.4, 0.5) is 0 Å². The van der Waals surface area contributed by atoms with Gasteiger partial charge in [-0.15, -0.1) is 0 Å². The number of carbonyl (C=O) groups is 3. The predicted octanol–water partition coefficient (Wildman–Crippen LogP) is 8.59. The van der Waals surface area contributed by atoms with Crippen LogP contribution in [-0.4, -0.2) is 46.2 Å². The molecule has 8 heteroatoms. The highest BCUT2D eigenvalue weighted by atomic mass is 16.5. The second-order valence-corrected chi connectivity index (χ2v) is 21.4. The number of hydrogen-bond acceptors (Lipinski definition) is 6. The van der Waals surface area contributed by atoms with Crippen molar-refractivity contribution in [2.75, 3.05) is 6.61 Å². The first-order chi connectivity index (χ1) is 20.8. The summed E-state index contributed by atoms with van der Waals surface area (Å²) in [7, 11) is 0. The molecule has 3 unspecified atom stereocenters. The first kappa shape index (κ1) is 46.3. The van der Waals surface area contributed by atoms with E-state index in [-0.39, 0.29) is 23.2 Å². The van der Waals surface area contributed by atoms with E-state index in [1.165, 1.54) is 0 Å². The summed E-state index contributed by atoms with van der Waals surface area (Å²) in [5.74, 6) is -2.52. The van der Waals surface area contributed by atoms with Gasteiger partial charge >= 0.3 is 11.9 Å². The van der Waals surface area contributed by atoms with E-state index in [0.29, 0.717) is 25.9 Å². The Morgan fingerprint density at radius 1 is 0.688 bits per heavy atom. The first-order valence-electron chi connectivity index (χ1n) is 18.1. The summed E-state index contributed by atoms with van der Waals surface area (Å²) in [5.41, 5.74) is 7.55. The van der Waals surface area contributed by atoms with Crippen molar-refractivity contribution in [1.82, 2.24) is 5.32 Å². The Morgan fingerprint density at radius 3 is 1.48 bits per heavy atom. The second-order valence-electron chi connectivity index (χ2n) is 21.4. The van der Waals surface area contributed by atoms with Crippen molar-refractivity contribution >= 4 is 17.8 Å². The van der Waals surface area contributed by atoms with Gasteiger partial charge in [0.15, 0.2) is 0 Å². The number of carboxylic acids is 1. The van der Waals surface area contributed by atoms with E-state index in [4.69, 9.17) is 16.2 Å². The van der Waals surface area contributed by atoms with Crippen molar-refractivity contribution in [2.24, 2.45) is 61.7 Å². The molecule has 0 heterocycles. The van der Waals surface area contributed by atoms with E-state index in [2.05, 4.69) is 53.8 Å². The zero-order chi connectivity index (χ0) is 38.9. The summed E-state index contributed by atoms with van der Waals surface area (Å²) >= 11 is 0. The monoisotopic (exact) mass is 682 g/mol. The van der Waals surface area contributed by atoms with Crippen molar-refractivity contribution in [1.29, 1.82) is 0 Å². The van der Waals surface area contributed by atoms with E-state index >= 15 is 0 Å². The summed E-state index contributed by atoms with van der Waals surface area (Å²) in [6.45, 7) is 40.6. The number of nitrogens with one attached hydrogen (secondary N) is 1. The molecule has 0 saturated carbocycles. The Hall–Kier alpha value is -1.67. The molecule has 0 aliphatic heterocycles. The molecule has 0 aliphatic carbocycles. The van der Waals surface area contributed by atoms with Crippen LogP contribution < -0.4 is 16.8 Å². The maximum absolute atomic E-state index is 14.0. The number of carbonyl (C=O) groups excluding carboxylic acids is 2. The highest BCUT2D eigenvalue weighted by Gasteiger charge is 2.59. The zero-order valence-electron chi connectivity index (χ0n) is 35.0. The van der Waals surface area contributed by atoms with Gasteiger partial charge in [-0.05, 0) is 107 Å². The molecule has 0 fully saturated rings. The Kier molecular flexibility index (Phi) is 14.4. The van der Waals surface area contributed by atoms with Crippen LogP contribution in [0.3, 0.4) is 0 Å². The molecule has 0 aliphatic rings. The summed E-state index contributed by atoms with van der Waals surface area (Å²) < 4.78 is 5.87. The van der Waals surface area contributed by atoms with Gasteiger partial charge in [-0.1, -0.05) is 90.0 Å². The Balaban J connectivity index is 6.84. The van der Waals surface area contributed by atoms with Crippen LogP contribution in [0, 0.1) is 50.2 Å². The summed E-state index contributed by atoms with van der Waals surface area (Å²) in [4.78, 5) is 41.2. The van der Waals surface area contributed by atoms with Crippen molar-refractivity contribution < 1.29 is 24.2 Å². The number of amides is 1. The van der Waals surface area contributed by atoms with Crippen LogP contribution in [0.15, 0.2) is 0 Å². The third-order valence-electron chi connectivity index (χ3n) is 11.9. The van der Waals surface area contributed by atoms with Crippen LogP contribution in [0.1, 0.15) is 164 Å². The van der Waals surface area contributed by atoms with E-state index in [1.807, 2.05) is 90.0 Å². The van der Waals surface area contributed by atoms with Gasteiger partial charge in [-0.25, -0.2) is 0 Å². The highest BCUT2D eigenvalue weighted by Crippen LogP contribution is 2.60. The predicted molar refractivity (Wildman–Crippen MR) is 200 cm³/mol. The molecule has 3 atom stereocenters. The maximum atomic E-state index is 14.0. The van der Waals surface area contributed by atoms with Gasteiger partial charge in [-0.3, -0.25) is 14.4 Å². The lowest BCUT2D eigenvalue weighted by Crippen LogP contribution is -2.58. The van der Waals surface area contributed by atoms with Crippen LogP contribution in [0.25, 0.3) is 0 Å². The van der Waals surface area contributed by atoms with Gasteiger partial charge in [0.2, 0.25) is 5.91 Å². The third kappa shape index (κ3) is 12.0. The minimum absolute atomic E-state index is 0.0161. The van der Waals surface area contributed by atoms with Crippen molar-refractivity contribution in [3.63, 3.8) is 0 Å². The Bertz CT molecular complexity index is 1110. The van der Waals surface area contributed by atoms with Gasteiger partial charge in [0, 0.05) is 16.6 Å². The molecular formula is C40H79N3O5. The summed E-state index contributed by atoms with van der Waals surface area (Å²) in [6.07, 6.45) is 1.85. The fraction of sp³-hybridized carbons (Fsp3) is 0.925. The number of aliphatic carboxylic acids is 1. The maximum Gasteiger partial charge on any atom is 0.312 e. The fourth-order valence-electron chi connectivity index (χ4n) is 7.75. The molecule has 0 aromatic carbocycles. The fourth-order valence-corrected chi connectivity index (χ4v) is 7.75. The Labute approximate surface area is 296 Å². The number of ether oxygens (including phenoxy) is 1. The largest absolute Gasteiger partial charge is 0.481 e. The standard InChI is InChI=1S/C40H79N3O5/c1-26(2)23-48-31(47)40(20,25-35(10,11)41)39(18,19)34(8,9)22-28(30(45)46)37(14,15)33(6,7)21-27(38(16,17)42)29(44)43-36(12,13)24-32(3,4)5/h26-28H,21-25,41-42H2,1-20H3,(H,43,44)(H,45,46). The average Bonchev–Trinajstić information content (AvgIpc) is 2.79. The number of nitrogens with two attached hydrogens (primary N) is 2. The minimum atomic E-state index is -1.00. The lowest BCUT2D eigenvalue weighted by Gasteiger charge is -2.56. The SMILES string of the molecule is CC(C)COC(=O)C(C)(CC(C)(C)N)C(C)(C)C(C)(C)CC(C(=O)O)C(C)(C)C(C)(C)CC(C(=O)NC(C)(C)CC(C)(C)C)C(C)(C)N. The molecule has 6 N–H and O–H groups in total. The molecule has 0 radical (unpaired) electrons. The van der Waals surface area contributed by atoms with Gasteiger partial charge in [-0.2, -0.15) is 0 Å². The van der Waals surface area contributed by atoms with Crippen LogP contribution in [0.2, 0.25) is 0 Å². The highest BCUT2D eigenvalue weighted by molar-refractivity contribution is 5.81. The average molecular weight is 682 g/mol. The molecule has 8 nitrogen and oxygen atoms in total. The normalized spacial score (nSPS) is 17.1. The van der Waals surface area contributed by atoms with Crippen LogP contribution in [0.5, 0.6) is 0 Å². The van der Waals surface area contributed by atoms with Crippen LogP contribution >= 0.6 is 0 Å². The zero-order valence-corrected chi connectivity index (χ0v) is 35.0. The number of rotatable bonds is 18. The van der Waals surface area contributed by atoms with Gasteiger partial charge in [0.25, 0.3) is 0 Å². The molecule has 48 heavy (non-hydrogen) atoms. The number of carboxylic acid groups (broad SMARTS) is 1. The van der Waals surface area contributed by atoms with E-state index in [9.17, 15) is 19.5 Å². The number of hydrogen-bond donors (Lipinski definition) is 4. The Morgan fingerprint density at radius 2 is 1.12 bits per heavy atom. The smallest absolute Gasteiger partial charge is 0.312 e. The molecule has 0 aromatic heterocycles. The van der Waals surface area contributed by atoms with E-state index in [0.717, 1.165) is 6.42 Å². The first-order valence-corrected chi connectivity index (χ1v) is 18.1. The van der Waals surface area contributed by atoms with Crippen molar-refractivity contribution in [2.45, 2.75) is 181 Å². The lowest BCUT2D eigenvalue weighted by atomic mass is 9.47.